The molecule has 0 amide bonds. The highest BCUT2D eigenvalue weighted by Crippen LogP contribution is 2.71. The predicted octanol–water partition coefficient (Wildman–Crippen LogP) is 33.8. The summed E-state index contributed by atoms with van der Waals surface area (Å²) in [6.45, 7) is 3.67. The summed E-state index contributed by atoms with van der Waals surface area (Å²) < 4.78 is 11.0. The largest absolute Gasteiger partial charge is 0.305 e. The summed E-state index contributed by atoms with van der Waals surface area (Å²) in [5, 5.41) is 11.0. The Morgan fingerprint density at radius 1 is 0.167 bits per heavy atom. The van der Waals surface area contributed by atoms with Gasteiger partial charge in [0.25, 0.3) is 0 Å². The molecule has 144 heavy (non-hydrogen) atoms. The normalized spacial score (nSPS) is 17.1. The summed E-state index contributed by atoms with van der Waals surface area (Å²) >= 11 is 7.68. The Kier molecular flexibility index (Phi) is 19.3. The zero-order chi connectivity index (χ0) is 96.1. The first-order chi connectivity index (χ1) is 70.7. The van der Waals surface area contributed by atoms with Crippen LogP contribution in [-0.4, -0.2) is 76.0 Å². The maximum atomic E-state index is 2.53. The van der Waals surface area contributed by atoms with Gasteiger partial charge in [-0.2, -0.15) is 0 Å². The van der Waals surface area contributed by atoms with Crippen molar-refractivity contribution in [3.8, 4) is 89.0 Å². The zero-order valence-corrected chi connectivity index (χ0v) is 84.8. The summed E-state index contributed by atoms with van der Waals surface area (Å²) in [7, 11) is 17.4. The second kappa shape index (κ2) is 32.3. The van der Waals surface area contributed by atoms with E-state index in [9.17, 15) is 0 Å². The van der Waals surface area contributed by atoms with Crippen molar-refractivity contribution in [3.05, 3.63) is 524 Å². The van der Waals surface area contributed by atoms with E-state index in [2.05, 4.69) is 488 Å². The highest BCUT2D eigenvalue weighted by atomic mass is 32.1. The number of fused-ring (bicyclic) bond motifs is 54. The van der Waals surface area contributed by atoms with Gasteiger partial charge in [-0.25, -0.2) is 0 Å². The first-order valence-corrected chi connectivity index (χ1v) is 53.7. The molecule has 0 bridgehead atoms. The minimum absolute atomic E-state index is 0.297. The fraction of sp³-hybridized carbons (Fsp3) is 0.118. The molecule has 688 valence electrons. The molecule has 0 fully saturated rings. The molecular formula is C136H100N4S4. The molecule has 4 unspecified atom stereocenters. The van der Waals surface area contributed by atoms with Gasteiger partial charge in [0.15, 0.2) is 0 Å². The van der Waals surface area contributed by atoms with Crippen molar-refractivity contribution in [1.82, 2.24) is 19.6 Å². The van der Waals surface area contributed by atoms with Crippen LogP contribution in [0.2, 0.25) is 0 Å². The van der Waals surface area contributed by atoms with Crippen molar-refractivity contribution in [1.29, 1.82) is 0 Å². The molecule has 8 aliphatic rings. The van der Waals surface area contributed by atoms with Crippen molar-refractivity contribution >= 4 is 126 Å². The number of hydrogen-bond donors (Lipinski definition) is 0. The van der Waals surface area contributed by atoms with Crippen molar-refractivity contribution in [2.24, 2.45) is 0 Å². The maximum Gasteiger partial charge on any atom is 0.0729 e. The van der Waals surface area contributed by atoms with Gasteiger partial charge in [-0.3, -0.25) is 0 Å². The fourth-order valence-corrected chi connectivity index (χ4v) is 32.7. The van der Waals surface area contributed by atoms with Gasteiger partial charge in [-0.15, -0.1) is 45.3 Å². The molecule has 0 saturated carbocycles. The lowest BCUT2D eigenvalue weighted by atomic mass is 9.69. The van der Waals surface area contributed by atoms with E-state index in [4.69, 9.17) is 0 Å². The topological polar surface area (TPSA) is 13.0 Å². The van der Waals surface area contributed by atoms with Crippen LogP contribution >= 0.6 is 45.3 Å². The van der Waals surface area contributed by atoms with Crippen LogP contribution in [0.1, 0.15) is 111 Å². The highest BCUT2D eigenvalue weighted by molar-refractivity contribution is 7.27. The lowest BCUT2D eigenvalue weighted by Gasteiger charge is -2.32. The van der Waals surface area contributed by atoms with E-state index >= 15 is 0 Å². The molecule has 0 radical (unpaired) electrons. The quantitative estimate of drug-likeness (QED) is 0.150. The molecule has 8 heteroatoms. The zero-order valence-electron chi connectivity index (χ0n) is 81.5. The van der Waals surface area contributed by atoms with E-state index in [0.717, 1.165) is 26.2 Å². The van der Waals surface area contributed by atoms with Gasteiger partial charge in [0.2, 0.25) is 0 Å². The van der Waals surface area contributed by atoms with Crippen LogP contribution < -0.4 is 0 Å². The molecule has 4 atom stereocenters. The van der Waals surface area contributed by atoms with Crippen molar-refractivity contribution < 1.29 is 0 Å². The standard InChI is InChI=1S/4C34H25NS/c1-35(2)20-21-10-9-14-24-22-11-3-6-15-27(22)34(32(21)24)28-16-7-4-13-26(28)31-29(34)19-18-25-23-12-5-8-17-30(23)36-33(25)31;1-35(2)20-21-10-9-14-25-22-11-3-6-15-28(22)34(33(21)25)29-16-7-4-12-23(29)26-19-32-27(18-30(26)34)24-13-5-8-17-31(24)36-32;1-35(2)20-21-10-9-14-25-22-11-3-6-15-28(22)34(33(21)25)29-16-7-4-12-23(29)26-18-27-24-13-5-8-17-31(24)36-32(27)19-30(26)34;1-35(2)20-21-10-9-14-23-22-11-3-6-15-26(22)34(33(21)23)27-16-7-4-12-24(27)31-28(34)18-19-30-32(31)25-13-5-8-17-29(25)36-30/h4*3-19H,20H2,1-2H3. The Balaban J connectivity index is 0.0000000913. The van der Waals surface area contributed by atoms with Crippen molar-refractivity contribution in [3.63, 3.8) is 0 Å². The molecule has 4 heterocycles. The number of thiophene rings is 4. The molecule has 8 aliphatic carbocycles. The Morgan fingerprint density at radius 2 is 0.438 bits per heavy atom. The monoisotopic (exact) mass is 1920 g/mol. The molecule has 4 aromatic heterocycles. The van der Waals surface area contributed by atoms with E-state index in [0.29, 0.717) is 0 Å². The average molecular weight is 1920 g/mol. The van der Waals surface area contributed by atoms with E-state index in [1.165, 1.54) is 281 Å². The minimum Gasteiger partial charge on any atom is -0.305 e. The summed E-state index contributed by atoms with van der Waals surface area (Å²) in [6, 6.07) is 156. The van der Waals surface area contributed by atoms with Crippen molar-refractivity contribution in [2.75, 3.05) is 56.4 Å². The molecule has 20 aromatic carbocycles. The Morgan fingerprint density at radius 3 is 0.840 bits per heavy atom. The van der Waals surface area contributed by atoms with E-state index in [1.807, 2.05) is 45.3 Å². The van der Waals surface area contributed by atoms with Crippen LogP contribution in [0.5, 0.6) is 0 Å². The SMILES string of the molecule is CN(C)Cc1cccc2c1C1(c3ccccc3-2)c2ccccc2-c2c1ccc1c2sc2ccccc21.CN(C)Cc1cccc2c1C1(c3ccccc3-2)c2ccccc2-c2c1ccc1sc3ccccc3c21.CN(C)Cc1cccc2c1C1(c3ccccc3-c3cc4c(cc31)sc1ccccc14)c1ccccc1-2.CN(C)Cc1cccc2c1C1(c3ccccc3-c3cc4sc5ccccc5c4cc31)c1ccccc1-2. The predicted molar refractivity (Wildman–Crippen MR) is 612 cm³/mol. The first kappa shape index (κ1) is 85.9. The third kappa shape index (κ3) is 11.7. The third-order valence-corrected chi connectivity index (χ3v) is 37.3. The first-order valence-electron chi connectivity index (χ1n) is 50.4. The van der Waals surface area contributed by atoms with Gasteiger partial charge in [0.1, 0.15) is 0 Å². The fourth-order valence-electron chi connectivity index (χ4n) is 28.0. The molecule has 32 rings (SSSR count). The van der Waals surface area contributed by atoms with Crippen LogP contribution in [0.25, 0.3) is 170 Å². The van der Waals surface area contributed by atoms with Gasteiger partial charge < -0.3 is 19.6 Å². The van der Waals surface area contributed by atoms with E-state index in [-0.39, 0.29) is 21.7 Å². The molecule has 4 spiro atoms. The Labute approximate surface area is 855 Å². The maximum absolute atomic E-state index is 2.53. The van der Waals surface area contributed by atoms with E-state index < -0.39 is 0 Å². The smallest absolute Gasteiger partial charge is 0.0729 e. The van der Waals surface area contributed by atoms with Gasteiger partial charge in [0, 0.05) is 112 Å². The average Bonchev–Trinajstić information content (AvgIpc) is 1.48. The third-order valence-electron chi connectivity index (χ3n) is 32.7. The number of rotatable bonds is 8. The highest BCUT2D eigenvalue weighted by Gasteiger charge is 2.58. The Bertz CT molecular complexity index is 9380. The van der Waals surface area contributed by atoms with Crippen LogP contribution in [0.3, 0.4) is 0 Å². The van der Waals surface area contributed by atoms with Crippen LogP contribution in [0.15, 0.2) is 413 Å². The minimum atomic E-state index is -0.304. The lowest BCUT2D eigenvalue weighted by Crippen LogP contribution is -2.28. The van der Waals surface area contributed by atoms with Crippen LogP contribution in [0, 0.1) is 0 Å². The van der Waals surface area contributed by atoms with Crippen molar-refractivity contribution in [2.45, 2.75) is 47.8 Å². The second-order valence-corrected chi connectivity index (χ2v) is 45.9. The molecule has 24 aromatic rings. The second-order valence-electron chi connectivity index (χ2n) is 41.6. The molecule has 0 saturated heterocycles. The van der Waals surface area contributed by atoms with Crippen LogP contribution in [0.4, 0.5) is 0 Å². The summed E-state index contributed by atoms with van der Waals surface area (Å²) in [6.07, 6.45) is 0. The molecular weight excluding hydrogens is 1820 g/mol. The summed E-state index contributed by atoms with van der Waals surface area (Å²) in [5.74, 6) is 0. The van der Waals surface area contributed by atoms with Gasteiger partial charge in [-0.1, -0.05) is 358 Å². The van der Waals surface area contributed by atoms with Gasteiger partial charge in [0.05, 0.1) is 21.7 Å². The van der Waals surface area contributed by atoms with E-state index in [1.54, 1.807) is 0 Å². The van der Waals surface area contributed by atoms with Gasteiger partial charge in [-0.05, 0) is 306 Å². The summed E-state index contributed by atoms with van der Waals surface area (Å²) in [5.41, 5.74) is 49.4. The lowest BCUT2D eigenvalue weighted by molar-refractivity contribution is 0.400. The molecule has 0 aliphatic heterocycles. The number of nitrogens with zero attached hydrogens (tertiary/aromatic N) is 4. The summed E-state index contributed by atoms with van der Waals surface area (Å²) in [4.78, 5) is 9.18. The molecule has 4 nitrogen and oxygen atoms in total. The molecule has 0 N–H and O–H groups in total. The van der Waals surface area contributed by atoms with Crippen LogP contribution in [-0.2, 0) is 47.8 Å². The van der Waals surface area contributed by atoms with Gasteiger partial charge >= 0.3 is 0 Å². The number of benzene rings is 20. The number of hydrogen-bond acceptors (Lipinski definition) is 8. The Hall–Kier alpha value is -14.9.